The van der Waals surface area contributed by atoms with E-state index in [9.17, 15) is 0 Å². The number of ether oxygens (including phenoxy) is 2. The zero-order valence-corrected chi connectivity index (χ0v) is 16.0. The molecule has 1 aromatic heterocycles. The van der Waals surface area contributed by atoms with Crippen molar-refractivity contribution in [1.29, 1.82) is 0 Å². The number of nitrogens with zero attached hydrogens (tertiary/aromatic N) is 2. The summed E-state index contributed by atoms with van der Waals surface area (Å²) in [7, 11) is 1.65. The maximum absolute atomic E-state index is 6.03. The van der Waals surface area contributed by atoms with Gasteiger partial charge in [0.1, 0.15) is 5.82 Å². The van der Waals surface area contributed by atoms with Crippen LogP contribution >= 0.6 is 0 Å². The lowest BCUT2D eigenvalue weighted by Crippen LogP contribution is -2.12. The van der Waals surface area contributed by atoms with Gasteiger partial charge in [-0.3, -0.25) is 0 Å². The van der Waals surface area contributed by atoms with Crippen LogP contribution in [0.5, 0.6) is 11.5 Å². The standard InChI is InChI=1S/C20H30N4O2/c1-4-6-7-14(5-2)13-26-17-9-8-15(11-18(17)25-3)10-16-12-23-20(22)24-19(16)21/h8-9,11-12,14H,4-7,10,13H2,1-3H3,(H4,21,22,23,24). The molecule has 0 fully saturated rings. The maximum Gasteiger partial charge on any atom is 0.221 e. The molecule has 4 N–H and O–H groups in total. The Morgan fingerprint density at radius 2 is 1.96 bits per heavy atom. The highest BCUT2D eigenvalue weighted by Gasteiger charge is 2.12. The van der Waals surface area contributed by atoms with Crippen LogP contribution in [-0.2, 0) is 6.42 Å². The maximum atomic E-state index is 6.03. The van der Waals surface area contributed by atoms with Crippen LogP contribution in [0, 0.1) is 5.92 Å². The number of hydrogen-bond donors (Lipinski definition) is 2. The molecule has 0 radical (unpaired) electrons. The summed E-state index contributed by atoms with van der Waals surface area (Å²) < 4.78 is 11.5. The van der Waals surface area contributed by atoms with Gasteiger partial charge in [0.05, 0.1) is 13.7 Å². The zero-order valence-electron chi connectivity index (χ0n) is 16.0. The monoisotopic (exact) mass is 358 g/mol. The Labute approximate surface area is 155 Å². The minimum Gasteiger partial charge on any atom is -0.493 e. The van der Waals surface area contributed by atoms with E-state index in [4.69, 9.17) is 20.9 Å². The molecule has 26 heavy (non-hydrogen) atoms. The first-order chi connectivity index (χ1) is 12.6. The van der Waals surface area contributed by atoms with E-state index in [1.54, 1.807) is 13.3 Å². The van der Waals surface area contributed by atoms with Gasteiger partial charge in [0.25, 0.3) is 0 Å². The van der Waals surface area contributed by atoms with Crippen LogP contribution in [0.4, 0.5) is 11.8 Å². The minimum absolute atomic E-state index is 0.182. The van der Waals surface area contributed by atoms with Crippen molar-refractivity contribution < 1.29 is 9.47 Å². The van der Waals surface area contributed by atoms with Crippen LogP contribution in [0.15, 0.2) is 24.4 Å². The van der Waals surface area contributed by atoms with Crippen molar-refractivity contribution in [2.45, 2.75) is 46.0 Å². The third-order valence-corrected chi connectivity index (χ3v) is 4.56. The lowest BCUT2D eigenvalue weighted by molar-refractivity contribution is 0.224. The summed E-state index contributed by atoms with van der Waals surface area (Å²) in [5.41, 5.74) is 13.3. The molecule has 142 valence electrons. The van der Waals surface area contributed by atoms with Crippen molar-refractivity contribution in [3.8, 4) is 11.5 Å². The van der Waals surface area contributed by atoms with Gasteiger partial charge in [0, 0.05) is 18.2 Å². The summed E-state index contributed by atoms with van der Waals surface area (Å²) in [6.07, 6.45) is 7.04. The predicted molar refractivity (Wildman–Crippen MR) is 105 cm³/mol. The molecule has 0 bridgehead atoms. The van der Waals surface area contributed by atoms with Crippen molar-refractivity contribution in [2.24, 2.45) is 5.92 Å². The van der Waals surface area contributed by atoms with Crippen molar-refractivity contribution in [3.63, 3.8) is 0 Å². The number of nitrogens with two attached hydrogens (primary N) is 2. The van der Waals surface area contributed by atoms with E-state index < -0.39 is 0 Å². The first-order valence-electron chi connectivity index (χ1n) is 9.23. The molecule has 0 saturated carbocycles. The largest absolute Gasteiger partial charge is 0.493 e. The van der Waals surface area contributed by atoms with E-state index in [1.807, 2.05) is 18.2 Å². The van der Waals surface area contributed by atoms with Gasteiger partial charge in [-0.05, 0) is 30.0 Å². The molecule has 0 amide bonds. The SMILES string of the molecule is CCCCC(CC)COc1ccc(Cc2cnc(N)nc2N)cc1OC. The zero-order chi connectivity index (χ0) is 18.9. The van der Waals surface area contributed by atoms with E-state index in [1.165, 1.54) is 19.3 Å². The van der Waals surface area contributed by atoms with Gasteiger partial charge in [0.15, 0.2) is 11.5 Å². The van der Waals surface area contributed by atoms with Gasteiger partial charge in [-0.25, -0.2) is 4.98 Å². The van der Waals surface area contributed by atoms with E-state index in [0.29, 0.717) is 24.8 Å². The number of hydrogen-bond acceptors (Lipinski definition) is 6. The molecule has 1 unspecified atom stereocenters. The van der Waals surface area contributed by atoms with Crippen LogP contribution in [0.3, 0.4) is 0 Å². The summed E-state index contributed by atoms with van der Waals surface area (Å²) in [5, 5.41) is 0. The molecule has 1 aromatic carbocycles. The molecule has 0 aliphatic carbocycles. The van der Waals surface area contributed by atoms with Gasteiger partial charge in [-0.2, -0.15) is 4.98 Å². The molecule has 6 heteroatoms. The van der Waals surface area contributed by atoms with Crippen LogP contribution in [-0.4, -0.2) is 23.7 Å². The molecule has 6 nitrogen and oxygen atoms in total. The van der Waals surface area contributed by atoms with Gasteiger partial charge < -0.3 is 20.9 Å². The van der Waals surface area contributed by atoms with Crippen molar-refractivity contribution in [3.05, 3.63) is 35.5 Å². The Hall–Kier alpha value is -2.50. The smallest absolute Gasteiger partial charge is 0.221 e. The molecular formula is C20H30N4O2. The van der Waals surface area contributed by atoms with E-state index in [-0.39, 0.29) is 5.95 Å². The van der Waals surface area contributed by atoms with Gasteiger partial charge in [-0.1, -0.05) is 39.2 Å². The van der Waals surface area contributed by atoms with Gasteiger partial charge >= 0.3 is 0 Å². The topological polar surface area (TPSA) is 96.3 Å². The summed E-state index contributed by atoms with van der Waals surface area (Å²) in [6.45, 7) is 5.14. The molecule has 1 atom stereocenters. The number of benzene rings is 1. The fourth-order valence-corrected chi connectivity index (χ4v) is 2.84. The molecule has 0 aliphatic heterocycles. The fraction of sp³-hybridized carbons (Fsp3) is 0.500. The fourth-order valence-electron chi connectivity index (χ4n) is 2.84. The highest BCUT2D eigenvalue weighted by Crippen LogP contribution is 2.30. The van der Waals surface area contributed by atoms with Crippen molar-refractivity contribution in [2.75, 3.05) is 25.2 Å². The molecule has 2 aromatic rings. The highest BCUT2D eigenvalue weighted by molar-refractivity contribution is 5.48. The lowest BCUT2D eigenvalue weighted by atomic mass is 10.0. The third kappa shape index (κ3) is 5.51. The van der Waals surface area contributed by atoms with Gasteiger partial charge in [0.2, 0.25) is 5.95 Å². The average molecular weight is 358 g/mol. The molecule has 0 saturated heterocycles. The van der Waals surface area contributed by atoms with E-state index in [0.717, 1.165) is 29.0 Å². The van der Waals surface area contributed by atoms with Crippen LogP contribution < -0.4 is 20.9 Å². The number of aromatic nitrogens is 2. The Morgan fingerprint density at radius 3 is 2.62 bits per heavy atom. The van der Waals surface area contributed by atoms with E-state index in [2.05, 4.69) is 23.8 Å². The average Bonchev–Trinajstić information content (AvgIpc) is 2.64. The molecule has 0 aliphatic rings. The number of methoxy groups -OCH3 is 1. The lowest BCUT2D eigenvalue weighted by Gasteiger charge is -2.17. The second-order valence-electron chi connectivity index (χ2n) is 6.53. The molecular weight excluding hydrogens is 328 g/mol. The second kappa shape index (κ2) is 9.85. The third-order valence-electron chi connectivity index (χ3n) is 4.56. The number of nitrogen functional groups attached to an aromatic ring is 2. The van der Waals surface area contributed by atoms with Gasteiger partial charge in [-0.15, -0.1) is 0 Å². The van der Waals surface area contributed by atoms with Crippen molar-refractivity contribution in [1.82, 2.24) is 9.97 Å². The molecule has 2 rings (SSSR count). The molecule has 1 heterocycles. The Morgan fingerprint density at radius 1 is 1.15 bits per heavy atom. The van der Waals surface area contributed by atoms with Crippen LogP contribution in [0.1, 0.15) is 50.7 Å². The van der Waals surface area contributed by atoms with E-state index >= 15 is 0 Å². The Kier molecular flexibility index (Phi) is 7.51. The summed E-state index contributed by atoms with van der Waals surface area (Å²) >= 11 is 0. The highest BCUT2D eigenvalue weighted by atomic mass is 16.5. The number of rotatable bonds is 10. The molecule has 0 spiro atoms. The normalized spacial score (nSPS) is 12.0. The summed E-state index contributed by atoms with van der Waals surface area (Å²) in [6, 6.07) is 5.94. The second-order valence-corrected chi connectivity index (χ2v) is 6.53. The van der Waals surface area contributed by atoms with Crippen molar-refractivity contribution >= 4 is 11.8 Å². The predicted octanol–water partition coefficient (Wildman–Crippen LogP) is 3.84. The Balaban J connectivity index is 2.06. The first-order valence-corrected chi connectivity index (χ1v) is 9.23. The minimum atomic E-state index is 0.182. The Bertz CT molecular complexity index is 706. The first kappa shape index (κ1) is 19.8. The number of unbranched alkanes of at least 4 members (excludes halogenated alkanes) is 1. The van der Waals surface area contributed by atoms with Crippen LogP contribution in [0.25, 0.3) is 0 Å². The van der Waals surface area contributed by atoms with Crippen LogP contribution in [0.2, 0.25) is 0 Å². The summed E-state index contributed by atoms with van der Waals surface area (Å²) in [4.78, 5) is 8.01. The quantitative estimate of drug-likeness (QED) is 0.670. The number of anilines is 2. The summed E-state index contributed by atoms with van der Waals surface area (Å²) in [5.74, 6) is 2.65.